The van der Waals surface area contributed by atoms with E-state index in [1.54, 1.807) is 0 Å². The number of rotatable bonds is 2. The number of benzene rings is 1. The van der Waals surface area contributed by atoms with Gasteiger partial charge in [0.05, 0.1) is 0 Å². The Morgan fingerprint density at radius 3 is 2.44 bits per heavy atom. The monoisotopic (exact) mass is 251 g/mol. The first-order valence-corrected chi connectivity index (χ1v) is 5.35. The van der Waals surface area contributed by atoms with Crippen molar-refractivity contribution in [2.24, 2.45) is 0 Å². The molecule has 2 amide bonds. The van der Waals surface area contributed by atoms with Crippen LogP contribution in [-0.2, 0) is 9.59 Å². The Morgan fingerprint density at radius 2 is 1.89 bits per heavy atom. The Bertz CT molecular complexity index is 511. The zero-order chi connectivity index (χ0) is 13.3. The Labute approximate surface area is 102 Å². The van der Waals surface area contributed by atoms with E-state index >= 15 is 0 Å². The summed E-state index contributed by atoms with van der Waals surface area (Å²) in [7, 11) is 0. The van der Waals surface area contributed by atoms with Crippen molar-refractivity contribution >= 4 is 17.8 Å². The fraction of sp³-hybridized carbons (Fsp3) is 0.250. The summed E-state index contributed by atoms with van der Waals surface area (Å²) in [6.45, 7) is 0. The molecule has 1 aromatic rings. The molecule has 1 fully saturated rings. The van der Waals surface area contributed by atoms with E-state index in [1.807, 2.05) is 0 Å². The van der Waals surface area contributed by atoms with Gasteiger partial charge in [-0.25, -0.2) is 9.18 Å². The fourth-order valence-electron chi connectivity index (χ4n) is 1.90. The average molecular weight is 251 g/mol. The van der Waals surface area contributed by atoms with Gasteiger partial charge in [-0.2, -0.15) is 0 Å². The maximum absolute atomic E-state index is 12.7. The average Bonchev–Trinajstić information content (AvgIpc) is 2.71. The topological polar surface area (TPSA) is 74.7 Å². The highest BCUT2D eigenvalue weighted by atomic mass is 19.1. The van der Waals surface area contributed by atoms with Gasteiger partial charge in [-0.15, -0.1) is 0 Å². The molecule has 5 nitrogen and oxygen atoms in total. The van der Waals surface area contributed by atoms with E-state index in [1.165, 1.54) is 12.1 Å². The Morgan fingerprint density at radius 1 is 1.28 bits per heavy atom. The van der Waals surface area contributed by atoms with Gasteiger partial charge in [0.25, 0.3) is 5.91 Å². The summed E-state index contributed by atoms with van der Waals surface area (Å²) in [5.74, 6) is -2.94. The molecular formula is C12H10FNO4. The second-order valence-electron chi connectivity index (χ2n) is 3.97. The number of imide groups is 1. The number of carbonyl (C=O) groups excluding carboxylic acids is 2. The first kappa shape index (κ1) is 12.2. The SMILES string of the molecule is O=C(O)C1CCC(=O)N1C(=O)c1ccc(F)cc1. The van der Waals surface area contributed by atoms with Crippen LogP contribution in [0.3, 0.4) is 0 Å². The van der Waals surface area contributed by atoms with Crippen molar-refractivity contribution in [3.8, 4) is 0 Å². The van der Waals surface area contributed by atoms with Gasteiger partial charge in [-0.3, -0.25) is 14.5 Å². The van der Waals surface area contributed by atoms with Crippen molar-refractivity contribution in [3.63, 3.8) is 0 Å². The number of nitrogens with zero attached hydrogens (tertiary/aromatic N) is 1. The van der Waals surface area contributed by atoms with E-state index in [0.717, 1.165) is 17.0 Å². The van der Waals surface area contributed by atoms with Gasteiger partial charge in [-0.1, -0.05) is 0 Å². The van der Waals surface area contributed by atoms with Crippen LogP contribution in [0.25, 0.3) is 0 Å². The number of amides is 2. The third-order valence-electron chi connectivity index (χ3n) is 2.81. The quantitative estimate of drug-likeness (QED) is 0.797. The Kier molecular flexibility index (Phi) is 3.10. The predicted octanol–water partition coefficient (Wildman–Crippen LogP) is 1.04. The van der Waals surface area contributed by atoms with Crippen molar-refractivity contribution in [3.05, 3.63) is 35.6 Å². The van der Waals surface area contributed by atoms with Crippen LogP contribution in [0.5, 0.6) is 0 Å². The lowest BCUT2D eigenvalue weighted by molar-refractivity contribution is -0.144. The molecule has 1 heterocycles. The fourth-order valence-corrected chi connectivity index (χ4v) is 1.90. The molecule has 18 heavy (non-hydrogen) atoms. The summed E-state index contributed by atoms with van der Waals surface area (Å²) in [6.07, 6.45) is 0.144. The second-order valence-corrected chi connectivity index (χ2v) is 3.97. The standard InChI is InChI=1S/C12H10FNO4/c13-8-3-1-7(2-4-8)11(16)14-9(12(17)18)5-6-10(14)15/h1-4,9H,5-6H2,(H,17,18). The summed E-state index contributed by atoms with van der Waals surface area (Å²) >= 11 is 0. The third kappa shape index (κ3) is 2.09. The van der Waals surface area contributed by atoms with Gasteiger partial charge < -0.3 is 5.11 Å². The number of likely N-dealkylation sites (tertiary alicyclic amines) is 1. The molecule has 2 rings (SSSR count). The van der Waals surface area contributed by atoms with Crippen LogP contribution < -0.4 is 0 Å². The predicted molar refractivity (Wildman–Crippen MR) is 58.2 cm³/mol. The second kappa shape index (κ2) is 4.56. The van der Waals surface area contributed by atoms with Crippen molar-refractivity contribution in [2.75, 3.05) is 0 Å². The zero-order valence-corrected chi connectivity index (χ0v) is 9.30. The van der Waals surface area contributed by atoms with Gasteiger partial charge in [0.2, 0.25) is 5.91 Å². The minimum Gasteiger partial charge on any atom is -0.480 e. The first-order valence-electron chi connectivity index (χ1n) is 5.35. The van der Waals surface area contributed by atoms with Crippen molar-refractivity contribution in [1.29, 1.82) is 0 Å². The number of hydrogen-bond donors (Lipinski definition) is 1. The van der Waals surface area contributed by atoms with Crippen LogP contribution >= 0.6 is 0 Å². The molecule has 1 aliphatic heterocycles. The van der Waals surface area contributed by atoms with Crippen LogP contribution in [0.1, 0.15) is 23.2 Å². The number of halogens is 1. The normalized spacial score (nSPS) is 19.1. The Balaban J connectivity index is 2.29. The summed E-state index contributed by atoms with van der Waals surface area (Å²) < 4.78 is 12.7. The molecule has 1 unspecified atom stereocenters. The van der Waals surface area contributed by atoms with E-state index in [2.05, 4.69) is 0 Å². The number of hydrogen-bond acceptors (Lipinski definition) is 3. The number of carboxylic acid groups (broad SMARTS) is 1. The maximum atomic E-state index is 12.7. The summed E-state index contributed by atoms with van der Waals surface area (Å²) in [5.41, 5.74) is 0.0953. The third-order valence-corrected chi connectivity index (χ3v) is 2.81. The lowest BCUT2D eigenvalue weighted by Gasteiger charge is -2.19. The van der Waals surface area contributed by atoms with Crippen LogP contribution in [0.15, 0.2) is 24.3 Å². The Hall–Kier alpha value is -2.24. The van der Waals surface area contributed by atoms with E-state index in [0.29, 0.717) is 0 Å². The molecule has 1 saturated heterocycles. The number of carbonyl (C=O) groups is 3. The number of carboxylic acids is 1. The molecule has 0 aromatic heterocycles. The molecule has 0 radical (unpaired) electrons. The zero-order valence-electron chi connectivity index (χ0n) is 9.30. The molecular weight excluding hydrogens is 241 g/mol. The summed E-state index contributed by atoms with van der Waals surface area (Å²) in [5, 5.41) is 8.94. The molecule has 0 bridgehead atoms. The van der Waals surface area contributed by atoms with E-state index in [-0.39, 0.29) is 18.4 Å². The largest absolute Gasteiger partial charge is 0.480 e. The van der Waals surface area contributed by atoms with E-state index < -0.39 is 29.6 Å². The van der Waals surface area contributed by atoms with Crippen LogP contribution in [-0.4, -0.2) is 33.8 Å². The van der Waals surface area contributed by atoms with Gasteiger partial charge in [0.1, 0.15) is 11.9 Å². The maximum Gasteiger partial charge on any atom is 0.326 e. The summed E-state index contributed by atoms with van der Waals surface area (Å²) in [6, 6.07) is 3.49. The molecule has 1 aliphatic rings. The van der Waals surface area contributed by atoms with Crippen molar-refractivity contribution in [2.45, 2.75) is 18.9 Å². The molecule has 1 atom stereocenters. The molecule has 1 aromatic carbocycles. The lowest BCUT2D eigenvalue weighted by atomic mass is 10.1. The highest BCUT2D eigenvalue weighted by Crippen LogP contribution is 2.21. The molecule has 0 aliphatic carbocycles. The van der Waals surface area contributed by atoms with Gasteiger partial charge in [0, 0.05) is 12.0 Å². The van der Waals surface area contributed by atoms with Crippen molar-refractivity contribution in [1.82, 2.24) is 4.90 Å². The number of aliphatic carboxylic acids is 1. The first-order chi connectivity index (χ1) is 8.50. The van der Waals surface area contributed by atoms with Crippen LogP contribution in [0.4, 0.5) is 4.39 Å². The lowest BCUT2D eigenvalue weighted by Crippen LogP contribution is -2.42. The van der Waals surface area contributed by atoms with E-state index in [9.17, 15) is 18.8 Å². The van der Waals surface area contributed by atoms with Gasteiger partial charge in [-0.05, 0) is 30.7 Å². The molecule has 0 saturated carbocycles. The highest BCUT2D eigenvalue weighted by Gasteiger charge is 2.40. The highest BCUT2D eigenvalue weighted by molar-refractivity contribution is 6.08. The minimum absolute atomic E-state index is 0.0316. The molecule has 94 valence electrons. The molecule has 1 N–H and O–H groups in total. The summed E-state index contributed by atoms with van der Waals surface area (Å²) in [4.78, 5) is 35.2. The van der Waals surface area contributed by atoms with Crippen molar-refractivity contribution < 1.29 is 23.9 Å². The van der Waals surface area contributed by atoms with Gasteiger partial charge in [0.15, 0.2) is 0 Å². The minimum atomic E-state index is -1.21. The molecule has 0 spiro atoms. The van der Waals surface area contributed by atoms with Gasteiger partial charge >= 0.3 is 5.97 Å². The molecule has 6 heteroatoms. The van der Waals surface area contributed by atoms with Crippen LogP contribution in [0.2, 0.25) is 0 Å². The smallest absolute Gasteiger partial charge is 0.326 e. The van der Waals surface area contributed by atoms with Crippen LogP contribution in [0, 0.1) is 5.82 Å². The van der Waals surface area contributed by atoms with E-state index in [4.69, 9.17) is 5.11 Å².